The van der Waals surface area contributed by atoms with Crippen molar-refractivity contribution in [3.05, 3.63) is 36.7 Å². The second-order valence-electron chi connectivity index (χ2n) is 6.37. The van der Waals surface area contributed by atoms with Crippen molar-refractivity contribution in [3.63, 3.8) is 0 Å². The van der Waals surface area contributed by atoms with Gasteiger partial charge in [0.15, 0.2) is 0 Å². The zero-order chi connectivity index (χ0) is 20.3. The number of halogens is 1. The van der Waals surface area contributed by atoms with Gasteiger partial charge in [-0.1, -0.05) is 6.08 Å². The van der Waals surface area contributed by atoms with E-state index in [1.54, 1.807) is 28.0 Å². The Labute approximate surface area is 167 Å². The Morgan fingerprint density at radius 3 is 2.96 bits per heavy atom. The third-order valence-electron chi connectivity index (χ3n) is 4.49. The average molecular weight is 408 g/mol. The molecule has 2 saturated heterocycles. The van der Waals surface area contributed by atoms with Gasteiger partial charge in [0.2, 0.25) is 5.91 Å². The van der Waals surface area contributed by atoms with Crippen molar-refractivity contribution in [3.8, 4) is 0 Å². The highest BCUT2D eigenvalue weighted by Gasteiger charge is 2.33. The number of benzene rings is 1. The molecule has 1 aromatic rings. The van der Waals surface area contributed by atoms with Crippen molar-refractivity contribution in [2.45, 2.75) is 6.10 Å². The number of nitrogens with one attached hydrogen (secondary N) is 1. The molecule has 1 N–H and O–H groups in total. The maximum absolute atomic E-state index is 14.7. The topological polar surface area (TPSA) is 74.3 Å². The molecule has 0 unspecified atom stereocenters. The van der Waals surface area contributed by atoms with E-state index < -0.39 is 18.0 Å². The summed E-state index contributed by atoms with van der Waals surface area (Å²) in [5.74, 6) is -0.600. The number of ether oxygens (including phenoxy) is 2. The fraction of sp³-hybridized carbons (Fsp3) is 0.389. The number of thiocarbonyl (C=S) groups is 1. The Balaban J connectivity index is 1.67. The summed E-state index contributed by atoms with van der Waals surface area (Å²) in [6.07, 6.45) is 0.632. The van der Waals surface area contributed by atoms with Gasteiger partial charge in [-0.2, -0.15) is 0 Å². The second kappa shape index (κ2) is 8.42. The zero-order valence-corrected chi connectivity index (χ0v) is 16.2. The molecule has 0 aliphatic carbocycles. The van der Waals surface area contributed by atoms with Crippen molar-refractivity contribution in [2.24, 2.45) is 0 Å². The van der Waals surface area contributed by atoms with E-state index in [-0.39, 0.29) is 24.2 Å². The first kappa shape index (κ1) is 19.9. The molecule has 0 spiro atoms. The summed E-state index contributed by atoms with van der Waals surface area (Å²) in [4.78, 5) is 28.7. The number of anilines is 2. The lowest BCUT2D eigenvalue weighted by Crippen LogP contribution is -2.34. The largest absolute Gasteiger partial charge is 0.474 e. The summed E-state index contributed by atoms with van der Waals surface area (Å²) in [6.45, 7) is 4.97. The smallest absolute Gasteiger partial charge is 0.414 e. The van der Waals surface area contributed by atoms with E-state index in [0.29, 0.717) is 31.1 Å². The molecule has 0 radical (unpaired) electrons. The Kier molecular flexibility index (Phi) is 5.98. The molecule has 1 atom stereocenters. The van der Waals surface area contributed by atoms with Gasteiger partial charge in [-0.3, -0.25) is 9.69 Å². The van der Waals surface area contributed by atoms with Crippen LogP contribution < -0.4 is 15.1 Å². The number of carbonyl (C=O) groups is 2. The van der Waals surface area contributed by atoms with Crippen LogP contribution in [-0.4, -0.2) is 68.1 Å². The molecular weight excluding hydrogens is 387 g/mol. The summed E-state index contributed by atoms with van der Waals surface area (Å²) in [7, 11) is 1.44. The summed E-state index contributed by atoms with van der Waals surface area (Å²) in [6, 6.07) is 4.47. The summed E-state index contributed by atoms with van der Waals surface area (Å²) >= 11 is 4.88. The molecular formula is C18H21FN4O4S. The van der Waals surface area contributed by atoms with Crippen LogP contribution in [0, 0.1) is 5.82 Å². The third kappa shape index (κ3) is 4.16. The number of nitrogens with zero attached hydrogens (tertiary/aromatic N) is 3. The van der Waals surface area contributed by atoms with Crippen molar-refractivity contribution in [1.29, 1.82) is 0 Å². The minimum Gasteiger partial charge on any atom is -0.474 e. The molecule has 0 aromatic heterocycles. The first-order chi connectivity index (χ1) is 13.4. The number of amides is 2. The van der Waals surface area contributed by atoms with Crippen molar-refractivity contribution in [2.75, 3.05) is 49.8 Å². The van der Waals surface area contributed by atoms with E-state index in [0.717, 1.165) is 0 Å². The highest BCUT2D eigenvalue weighted by atomic mass is 32.1. The van der Waals surface area contributed by atoms with E-state index in [1.165, 1.54) is 18.1 Å². The summed E-state index contributed by atoms with van der Waals surface area (Å²) in [5, 5.41) is 3.03. The molecule has 1 aromatic carbocycles. The van der Waals surface area contributed by atoms with Crippen molar-refractivity contribution < 1.29 is 23.5 Å². The SMILES string of the molecule is C=CCN1CN(c2ccc(N3C[C@H](CNC(=S)OC)OC3=O)cc2F)CC1=O. The van der Waals surface area contributed by atoms with Crippen LogP contribution in [0.4, 0.5) is 20.6 Å². The van der Waals surface area contributed by atoms with Crippen molar-refractivity contribution >= 4 is 40.8 Å². The van der Waals surface area contributed by atoms with Crippen LogP contribution in [0.3, 0.4) is 0 Å². The van der Waals surface area contributed by atoms with E-state index in [9.17, 15) is 14.0 Å². The van der Waals surface area contributed by atoms with Crippen molar-refractivity contribution in [1.82, 2.24) is 10.2 Å². The van der Waals surface area contributed by atoms with Gasteiger partial charge >= 0.3 is 6.09 Å². The molecule has 2 heterocycles. The van der Waals surface area contributed by atoms with Gasteiger partial charge in [-0.15, -0.1) is 6.58 Å². The lowest BCUT2D eigenvalue weighted by molar-refractivity contribution is -0.126. The molecule has 2 amide bonds. The summed E-state index contributed by atoms with van der Waals surface area (Å²) in [5.41, 5.74) is 0.691. The number of cyclic esters (lactones) is 1. The Morgan fingerprint density at radius 2 is 2.29 bits per heavy atom. The Hall–Kier alpha value is -2.88. The predicted octanol–water partition coefficient (Wildman–Crippen LogP) is 1.46. The number of hydrogen-bond donors (Lipinski definition) is 1. The second-order valence-corrected chi connectivity index (χ2v) is 6.74. The maximum Gasteiger partial charge on any atom is 0.414 e. The number of carbonyl (C=O) groups excluding carboxylic acids is 2. The van der Waals surface area contributed by atoms with Crippen LogP contribution in [0.2, 0.25) is 0 Å². The van der Waals surface area contributed by atoms with Gasteiger partial charge < -0.3 is 24.6 Å². The van der Waals surface area contributed by atoms with Gasteiger partial charge in [0.25, 0.3) is 5.17 Å². The van der Waals surface area contributed by atoms with Crippen LogP contribution in [-0.2, 0) is 14.3 Å². The molecule has 2 aliphatic heterocycles. The number of rotatable bonds is 6. The monoisotopic (exact) mass is 408 g/mol. The fourth-order valence-corrected chi connectivity index (χ4v) is 3.19. The van der Waals surface area contributed by atoms with Crippen LogP contribution in [0.15, 0.2) is 30.9 Å². The third-order valence-corrected chi connectivity index (χ3v) is 4.80. The van der Waals surface area contributed by atoms with E-state index in [2.05, 4.69) is 11.9 Å². The van der Waals surface area contributed by atoms with Gasteiger partial charge in [0.1, 0.15) is 11.9 Å². The molecule has 0 saturated carbocycles. The Morgan fingerprint density at radius 1 is 1.50 bits per heavy atom. The van der Waals surface area contributed by atoms with Crippen LogP contribution >= 0.6 is 12.2 Å². The minimum atomic E-state index is -0.559. The van der Waals surface area contributed by atoms with Gasteiger partial charge in [-0.25, -0.2) is 9.18 Å². The quantitative estimate of drug-likeness (QED) is 0.564. The van der Waals surface area contributed by atoms with E-state index in [1.807, 2.05) is 0 Å². The lowest BCUT2D eigenvalue weighted by Gasteiger charge is -2.21. The molecule has 2 aliphatic rings. The predicted molar refractivity (Wildman–Crippen MR) is 106 cm³/mol. The molecule has 10 heteroatoms. The van der Waals surface area contributed by atoms with Gasteiger partial charge in [0, 0.05) is 6.54 Å². The Bertz CT molecular complexity index is 806. The van der Waals surface area contributed by atoms with Gasteiger partial charge in [-0.05, 0) is 30.4 Å². The first-order valence-electron chi connectivity index (χ1n) is 8.66. The molecule has 2 fully saturated rings. The van der Waals surface area contributed by atoms with Crippen LogP contribution in [0.1, 0.15) is 0 Å². The number of hydrogen-bond acceptors (Lipinski definition) is 6. The lowest BCUT2D eigenvalue weighted by atomic mass is 10.2. The van der Waals surface area contributed by atoms with Crippen LogP contribution in [0.25, 0.3) is 0 Å². The molecule has 8 nitrogen and oxygen atoms in total. The highest BCUT2D eigenvalue weighted by molar-refractivity contribution is 7.80. The van der Waals surface area contributed by atoms with Gasteiger partial charge in [0.05, 0.1) is 44.8 Å². The normalized spacial score (nSPS) is 19.1. The average Bonchev–Trinajstić information content (AvgIpc) is 3.22. The first-order valence-corrected chi connectivity index (χ1v) is 9.07. The zero-order valence-electron chi connectivity index (χ0n) is 15.4. The molecule has 3 rings (SSSR count). The molecule has 0 bridgehead atoms. The molecule has 150 valence electrons. The van der Waals surface area contributed by atoms with E-state index in [4.69, 9.17) is 21.7 Å². The standard InChI is InChI=1S/C18H21FN4O4S/c1-3-6-21-11-22(10-16(21)24)15-5-4-12(7-14(15)19)23-9-13(27-18(23)25)8-20-17(28)26-2/h3-5,7,13H,1,6,8-11H2,2H3,(H,20,28)/t13-/m0/s1. The fourth-order valence-electron chi connectivity index (χ4n) is 3.10. The van der Waals surface area contributed by atoms with Crippen LogP contribution in [0.5, 0.6) is 0 Å². The summed E-state index contributed by atoms with van der Waals surface area (Å²) < 4.78 is 24.8. The number of methoxy groups -OCH3 is 1. The maximum atomic E-state index is 14.7. The minimum absolute atomic E-state index is 0.0872. The highest BCUT2D eigenvalue weighted by Crippen LogP contribution is 2.29. The molecule has 28 heavy (non-hydrogen) atoms. The van der Waals surface area contributed by atoms with E-state index >= 15 is 0 Å².